The van der Waals surface area contributed by atoms with Crippen LogP contribution in [-0.4, -0.2) is 18.5 Å². The molecule has 2 aliphatic rings. The molecule has 5 heteroatoms. The van der Waals surface area contributed by atoms with E-state index in [-0.39, 0.29) is 23.8 Å². The van der Waals surface area contributed by atoms with Gasteiger partial charge in [-0.3, -0.25) is 4.79 Å². The molecule has 0 saturated carbocycles. The van der Waals surface area contributed by atoms with E-state index in [0.29, 0.717) is 13.0 Å². The molecule has 36 heavy (non-hydrogen) atoms. The van der Waals surface area contributed by atoms with Crippen LogP contribution in [0.3, 0.4) is 0 Å². The molecule has 3 aromatic rings. The molecule has 0 fully saturated rings. The molecule has 0 bridgehead atoms. The van der Waals surface area contributed by atoms with Gasteiger partial charge in [0.1, 0.15) is 11.5 Å². The molecule has 0 aromatic heterocycles. The van der Waals surface area contributed by atoms with Gasteiger partial charge in [0, 0.05) is 17.7 Å². The average molecular weight is 483 g/mol. The molecule has 3 aromatic carbocycles. The summed E-state index contributed by atoms with van der Waals surface area (Å²) in [6.45, 7) is 6.83. The number of carbonyl (C=O) groups is 1. The first-order valence-electron chi connectivity index (χ1n) is 12.9. The molecule has 5 rings (SSSR count). The van der Waals surface area contributed by atoms with E-state index in [4.69, 9.17) is 9.47 Å². The fourth-order valence-electron chi connectivity index (χ4n) is 5.05. The number of rotatable bonds is 7. The van der Waals surface area contributed by atoms with Crippen molar-refractivity contribution in [3.63, 3.8) is 0 Å². The van der Waals surface area contributed by atoms with Gasteiger partial charge in [0.25, 0.3) is 0 Å². The lowest BCUT2D eigenvalue weighted by atomic mass is 9.78. The van der Waals surface area contributed by atoms with Crippen LogP contribution < -0.4 is 20.1 Å². The molecule has 0 amide bonds. The molecule has 2 N–H and O–H groups in total. The number of allylic oxidation sites excluding steroid dienone is 1. The Balaban J connectivity index is 1.48. The quantitative estimate of drug-likeness (QED) is 0.372. The van der Waals surface area contributed by atoms with Crippen molar-refractivity contribution in [1.29, 1.82) is 0 Å². The fraction of sp³-hybridized carbons (Fsp3) is 0.323. The smallest absolute Gasteiger partial charge is 0.163 e. The predicted molar refractivity (Wildman–Crippen MR) is 145 cm³/mol. The first-order chi connectivity index (χ1) is 17.5. The van der Waals surface area contributed by atoms with E-state index in [9.17, 15) is 4.79 Å². The summed E-state index contributed by atoms with van der Waals surface area (Å²) in [4.78, 5) is 13.7. The Labute approximate surface area is 213 Å². The van der Waals surface area contributed by atoms with E-state index in [1.165, 1.54) is 0 Å². The number of ketones is 1. The van der Waals surface area contributed by atoms with Gasteiger partial charge in [0.2, 0.25) is 0 Å². The minimum absolute atomic E-state index is 0.118. The van der Waals surface area contributed by atoms with E-state index in [2.05, 4.69) is 54.0 Å². The van der Waals surface area contributed by atoms with Gasteiger partial charge in [0.05, 0.1) is 30.1 Å². The summed E-state index contributed by atoms with van der Waals surface area (Å²) in [5, 5.41) is 7.26. The zero-order valence-electron chi connectivity index (χ0n) is 21.2. The molecular weight excluding hydrogens is 448 g/mol. The first-order valence-corrected chi connectivity index (χ1v) is 12.9. The van der Waals surface area contributed by atoms with Crippen LogP contribution in [0, 0.1) is 0 Å². The van der Waals surface area contributed by atoms with Gasteiger partial charge in [-0.2, -0.15) is 0 Å². The van der Waals surface area contributed by atoms with Gasteiger partial charge >= 0.3 is 0 Å². The van der Waals surface area contributed by atoms with Crippen molar-refractivity contribution < 1.29 is 14.3 Å². The molecule has 0 saturated heterocycles. The summed E-state index contributed by atoms with van der Waals surface area (Å²) in [7, 11) is 0. The third kappa shape index (κ3) is 5.11. The van der Waals surface area contributed by atoms with E-state index in [1.54, 1.807) is 0 Å². The minimum Gasteiger partial charge on any atom is -0.494 e. The zero-order chi connectivity index (χ0) is 25.1. The van der Waals surface area contributed by atoms with Crippen LogP contribution in [0.4, 0.5) is 11.4 Å². The van der Waals surface area contributed by atoms with Gasteiger partial charge in [-0.15, -0.1) is 0 Å². The summed E-state index contributed by atoms with van der Waals surface area (Å²) in [6.07, 6.45) is 2.35. The Morgan fingerprint density at radius 1 is 0.861 bits per heavy atom. The van der Waals surface area contributed by atoms with Crippen molar-refractivity contribution in [2.45, 2.75) is 58.1 Å². The first kappa shape index (κ1) is 24.0. The third-order valence-corrected chi connectivity index (χ3v) is 6.72. The number of benzene rings is 3. The van der Waals surface area contributed by atoms with Crippen molar-refractivity contribution in [2.24, 2.45) is 0 Å². The number of carbonyl (C=O) groups excluding carboxylic acids is 1. The molecule has 1 aliphatic carbocycles. The number of para-hydroxylation sites is 2. The maximum atomic E-state index is 13.7. The molecule has 2 unspecified atom stereocenters. The number of nitrogens with one attached hydrogen (secondary N) is 2. The second kappa shape index (κ2) is 10.5. The number of Topliss-reactive ketones (excluding diaryl/α,β-unsaturated/α-hetero) is 1. The van der Waals surface area contributed by atoms with Crippen LogP contribution in [0.1, 0.15) is 63.1 Å². The Bertz CT molecular complexity index is 1250. The van der Waals surface area contributed by atoms with Gasteiger partial charge < -0.3 is 20.1 Å². The lowest BCUT2D eigenvalue weighted by Crippen LogP contribution is -2.26. The van der Waals surface area contributed by atoms with Crippen LogP contribution >= 0.6 is 0 Å². The Kier molecular flexibility index (Phi) is 6.99. The predicted octanol–water partition coefficient (Wildman–Crippen LogP) is 7.24. The van der Waals surface area contributed by atoms with Crippen LogP contribution in [0.2, 0.25) is 0 Å². The molecular formula is C31H34N2O3. The van der Waals surface area contributed by atoms with E-state index < -0.39 is 0 Å². The number of hydrogen-bond donors (Lipinski definition) is 2. The average Bonchev–Trinajstić information content (AvgIpc) is 3.05. The lowest BCUT2D eigenvalue weighted by molar-refractivity contribution is -0.116. The second-order valence-corrected chi connectivity index (χ2v) is 9.82. The van der Waals surface area contributed by atoms with Crippen molar-refractivity contribution in [3.05, 3.63) is 95.2 Å². The van der Waals surface area contributed by atoms with Crippen LogP contribution in [-0.2, 0) is 4.79 Å². The molecule has 5 nitrogen and oxygen atoms in total. The van der Waals surface area contributed by atoms with Gasteiger partial charge in [-0.05, 0) is 80.1 Å². The minimum atomic E-state index is -0.230. The molecule has 0 spiro atoms. The van der Waals surface area contributed by atoms with E-state index in [1.807, 2.05) is 50.2 Å². The van der Waals surface area contributed by atoms with Crippen molar-refractivity contribution >= 4 is 17.2 Å². The maximum absolute atomic E-state index is 13.7. The van der Waals surface area contributed by atoms with Crippen molar-refractivity contribution in [2.75, 3.05) is 17.2 Å². The topological polar surface area (TPSA) is 59.6 Å². The Morgan fingerprint density at radius 3 is 2.22 bits per heavy atom. The van der Waals surface area contributed by atoms with Crippen molar-refractivity contribution in [1.82, 2.24) is 0 Å². The SMILES string of the molecule is CCCOc1ccc(C2Nc3ccccc3NC3=C2C(=O)CC(c2ccc(OC(C)C)cc2)C3)cc1. The number of ether oxygens (including phenoxy) is 2. The Hall–Kier alpha value is -3.73. The monoisotopic (exact) mass is 482 g/mol. The summed E-state index contributed by atoms with van der Waals surface area (Å²) in [5.41, 5.74) is 6.00. The molecule has 2 atom stereocenters. The van der Waals surface area contributed by atoms with E-state index in [0.717, 1.165) is 58.1 Å². The van der Waals surface area contributed by atoms with E-state index >= 15 is 0 Å². The highest BCUT2D eigenvalue weighted by atomic mass is 16.5. The number of hydrogen-bond acceptors (Lipinski definition) is 5. The normalized spacial score (nSPS) is 19.1. The third-order valence-electron chi connectivity index (χ3n) is 6.72. The highest BCUT2D eigenvalue weighted by molar-refractivity contribution is 6.01. The number of fused-ring (bicyclic) bond motifs is 1. The number of anilines is 2. The van der Waals surface area contributed by atoms with Gasteiger partial charge in [0.15, 0.2) is 5.78 Å². The summed E-state index contributed by atoms with van der Waals surface area (Å²) in [6, 6.07) is 24.2. The molecule has 186 valence electrons. The van der Waals surface area contributed by atoms with Crippen molar-refractivity contribution in [3.8, 4) is 11.5 Å². The summed E-state index contributed by atoms with van der Waals surface area (Å²) < 4.78 is 11.6. The van der Waals surface area contributed by atoms with Gasteiger partial charge in [-0.25, -0.2) is 0 Å². The highest BCUT2D eigenvalue weighted by Crippen LogP contribution is 2.44. The Morgan fingerprint density at radius 2 is 1.53 bits per heavy atom. The second-order valence-electron chi connectivity index (χ2n) is 9.82. The van der Waals surface area contributed by atoms with Crippen LogP contribution in [0.25, 0.3) is 0 Å². The van der Waals surface area contributed by atoms with Crippen LogP contribution in [0.15, 0.2) is 84.1 Å². The molecule has 0 radical (unpaired) electrons. The molecule has 1 heterocycles. The largest absolute Gasteiger partial charge is 0.494 e. The standard InChI is InChI=1S/C31H34N2O3/c1-4-17-35-24-13-11-22(12-14-24)31-30-28(32-26-7-5-6-8-27(26)33-31)18-23(19-29(30)34)21-9-15-25(16-10-21)36-20(2)3/h5-16,20,23,31-33H,4,17-19H2,1-3H3. The molecule has 1 aliphatic heterocycles. The fourth-order valence-corrected chi connectivity index (χ4v) is 5.05. The summed E-state index contributed by atoms with van der Waals surface area (Å²) >= 11 is 0. The zero-order valence-corrected chi connectivity index (χ0v) is 21.2. The lowest BCUT2D eigenvalue weighted by Gasteiger charge is -2.30. The highest BCUT2D eigenvalue weighted by Gasteiger charge is 2.36. The van der Waals surface area contributed by atoms with Crippen LogP contribution in [0.5, 0.6) is 11.5 Å². The summed E-state index contributed by atoms with van der Waals surface area (Å²) in [5.74, 6) is 2.00. The maximum Gasteiger partial charge on any atom is 0.163 e. The van der Waals surface area contributed by atoms with Gasteiger partial charge in [-0.1, -0.05) is 43.3 Å².